The normalized spacial score (nSPS) is 20.3. The number of aryl methyl sites for hydroxylation is 1. The number of hydrogen-bond acceptors (Lipinski definition) is 7. The van der Waals surface area contributed by atoms with Crippen molar-refractivity contribution in [2.45, 2.75) is 42.1 Å². The molecule has 0 amide bonds. The van der Waals surface area contributed by atoms with Gasteiger partial charge in [0, 0.05) is 29.3 Å². The summed E-state index contributed by atoms with van der Waals surface area (Å²) in [6, 6.07) is 14.9. The van der Waals surface area contributed by atoms with Crippen molar-refractivity contribution in [2.24, 2.45) is 5.92 Å². The molecule has 7 nitrogen and oxygen atoms in total. The predicted octanol–water partition coefficient (Wildman–Crippen LogP) is 3.63. The number of ether oxygens (including phenoxy) is 2. The van der Waals surface area contributed by atoms with Crippen LogP contribution in [0.4, 0.5) is 0 Å². The highest BCUT2D eigenvalue weighted by molar-refractivity contribution is 7.99. The van der Waals surface area contributed by atoms with E-state index in [0.29, 0.717) is 26.1 Å². The van der Waals surface area contributed by atoms with Gasteiger partial charge < -0.3 is 19.5 Å². The summed E-state index contributed by atoms with van der Waals surface area (Å²) in [5.74, 6) is -4.56. The van der Waals surface area contributed by atoms with Crippen LogP contribution in [0.5, 0.6) is 0 Å². The van der Waals surface area contributed by atoms with E-state index in [1.807, 2.05) is 12.1 Å². The highest BCUT2D eigenvalue weighted by Crippen LogP contribution is 2.42. The summed E-state index contributed by atoms with van der Waals surface area (Å²) >= 11 is 1.78. The predicted molar refractivity (Wildman–Crippen MR) is 122 cm³/mol. The Morgan fingerprint density at radius 1 is 1.15 bits per heavy atom. The van der Waals surface area contributed by atoms with Gasteiger partial charge in [0.1, 0.15) is 0 Å². The SMILES string of the molecule is Cc1ccc2c(c1)CC(OCCN1CCCC(C(=O)OC(=O)C(=O)O)C1)c1ccccc1S2. The number of piperidine rings is 1. The summed E-state index contributed by atoms with van der Waals surface area (Å²) in [6.45, 7) is 4.48. The van der Waals surface area contributed by atoms with Crippen molar-refractivity contribution >= 4 is 29.7 Å². The van der Waals surface area contributed by atoms with Crippen molar-refractivity contribution in [3.63, 3.8) is 0 Å². The van der Waals surface area contributed by atoms with E-state index in [2.05, 4.69) is 46.9 Å². The smallest absolute Gasteiger partial charge is 0.424 e. The number of hydrogen-bond donors (Lipinski definition) is 1. The van der Waals surface area contributed by atoms with Crippen LogP contribution in [0.2, 0.25) is 0 Å². The van der Waals surface area contributed by atoms with Crippen LogP contribution in [0.3, 0.4) is 0 Å². The lowest BCUT2D eigenvalue weighted by Crippen LogP contribution is -2.41. The fourth-order valence-corrected chi connectivity index (χ4v) is 5.49. The summed E-state index contributed by atoms with van der Waals surface area (Å²) in [4.78, 5) is 38.5. The molecule has 1 fully saturated rings. The first-order valence-corrected chi connectivity index (χ1v) is 11.9. The van der Waals surface area contributed by atoms with Gasteiger partial charge in [-0.05, 0) is 49.6 Å². The molecule has 2 unspecified atom stereocenters. The third-order valence-corrected chi connectivity index (χ3v) is 7.25. The number of carboxylic acids is 1. The minimum Gasteiger partial charge on any atom is -0.473 e. The van der Waals surface area contributed by atoms with Crippen LogP contribution in [0, 0.1) is 12.8 Å². The lowest BCUT2D eigenvalue weighted by molar-refractivity contribution is -0.173. The summed E-state index contributed by atoms with van der Waals surface area (Å²) in [5.41, 5.74) is 3.69. The van der Waals surface area contributed by atoms with Crippen LogP contribution in [0.15, 0.2) is 52.3 Å². The second-order valence-electron chi connectivity index (χ2n) is 8.47. The van der Waals surface area contributed by atoms with E-state index in [9.17, 15) is 14.4 Å². The average Bonchev–Trinajstić information content (AvgIpc) is 2.95. The zero-order valence-corrected chi connectivity index (χ0v) is 19.3. The number of carboxylic acid groups (broad SMARTS) is 1. The number of benzene rings is 2. The Balaban J connectivity index is 1.37. The monoisotopic (exact) mass is 469 g/mol. The van der Waals surface area contributed by atoms with Gasteiger partial charge in [0.15, 0.2) is 0 Å². The van der Waals surface area contributed by atoms with Gasteiger partial charge in [-0.2, -0.15) is 0 Å². The zero-order chi connectivity index (χ0) is 23.4. The molecule has 33 heavy (non-hydrogen) atoms. The van der Waals surface area contributed by atoms with Gasteiger partial charge in [-0.1, -0.05) is 47.7 Å². The summed E-state index contributed by atoms with van der Waals surface area (Å²) in [7, 11) is 0. The second kappa shape index (κ2) is 10.5. The van der Waals surface area contributed by atoms with Gasteiger partial charge in [0.2, 0.25) is 0 Å². The lowest BCUT2D eigenvalue weighted by Gasteiger charge is -2.31. The molecule has 4 rings (SSSR count). The molecule has 0 bridgehead atoms. The molecule has 0 radical (unpaired) electrons. The van der Waals surface area contributed by atoms with E-state index >= 15 is 0 Å². The Morgan fingerprint density at radius 3 is 2.79 bits per heavy atom. The van der Waals surface area contributed by atoms with Crippen LogP contribution < -0.4 is 0 Å². The fraction of sp³-hybridized carbons (Fsp3) is 0.400. The summed E-state index contributed by atoms with van der Waals surface area (Å²) in [5, 5.41) is 8.63. The topological polar surface area (TPSA) is 93.1 Å². The van der Waals surface area contributed by atoms with E-state index in [-0.39, 0.29) is 6.10 Å². The molecule has 2 atom stereocenters. The Labute approximate surface area is 197 Å². The minimum absolute atomic E-state index is 0.0597. The molecular formula is C25H27NO6S. The van der Waals surface area contributed by atoms with E-state index in [1.54, 1.807) is 11.8 Å². The van der Waals surface area contributed by atoms with Crippen molar-refractivity contribution < 1.29 is 29.0 Å². The maximum atomic E-state index is 12.1. The number of esters is 2. The van der Waals surface area contributed by atoms with E-state index in [4.69, 9.17) is 9.84 Å². The molecule has 2 aromatic carbocycles. The molecule has 2 aromatic rings. The Kier molecular flexibility index (Phi) is 7.47. The van der Waals surface area contributed by atoms with Gasteiger partial charge in [-0.25, -0.2) is 9.59 Å². The largest absolute Gasteiger partial charge is 0.473 e. The molecule has 2 heterocycles. The van der Waals surface area contributed by atoms with Gasteiger partial charge in [0.05, 0.1) is 18.6 Å². The van der Waals surface area contributed by atoms with Crippen molar-refractivity contribution in [1.29, 1.82) is 0 Å². The van der Waals surface area contributed by atoms with Gasteiger partial charge in [-0.3, -0.25) is 4.79 Å². The van der Waals surface area contributed by atoms with Gasteiger partial charge in [0.25, 0.3) is 0 Å². The van der Waals surface area contributed by atoms with E-state index < -0.39 is 23.8 Å². The number of rotatable bonds is 5. The standard InChI is InChI=1S/C25H27NO6S/c1-16-8-9-21-18(13-16)14-20(19-6-2-3-7-22(19)33-21)31-12-11-26-10-4-5-17(15-26)24(29)32-25(30)23(27)28/h2-3,6-9,13,17,20H,4-5,10-12,14-15H2,1H3,(H,27,28). The van der Waals surface area contributed by atoms with Crippen LogP contribution in [0.25, 0.3) is 0 Å². The molecule has 1 saturated heterocycles. The molecule has 8 heteroatoms. The third kappa shape index (κ3) is 5.82. The highest BCUT2D eigenvalue weighted by atomic mass is 32.2. The molecular weight excluding hydrogens is 442 g/mol. The quantitative estimate of drug-likeness (QED) is 0.403. The molecule has 2 aliphatic heterocycles. The molecule has 1 N–H and O–H groups in total. The second-order valence-corrected chi connectivity index (χ2v) is 9.55. The third-order valence-electron chi connectivity index (χ3n) is 6.04. The number of carbonyl (C=O) groups is 3. The van der Waals surface area contributed by atoms with Crippen molar-refractivity contribution in [1.82, 2.24) is 4.90 Å². The summed E-state index contributed by atoms with van der Waals surface area (Å²) < 4.78 is 10.8. The van der Waals surface area contributed by atoms with Crippen LogP contribution >= 0.6 is 11.8 Å². The Morgan fingerprint density at radius 2 is 1.97 bits per heavy atom. The van der Waals surface area contributed by atoms with Crippen LogP contribution in [-0.4, -0.2) is 54.2 Å². The molecule has 0 aromatic heterocycles. The van der Waals surface area contributed by atoms with E-state index in [0.717, 1.165) is 19.4 Å². The molecule has 174 valence electrons. The average molecular weight is 470 g/mol. The van der Waals surface area contributed by atoms with Crippen molar-refractivity contribution in [3.05, 3.63) is 59.2 Å². The Hall–Kier alpha value is -2.68. The van der Waals surface area contributed by atoms with Crippen molar-refractivity contribution in [3.8, 4) is 0 Å². The lowest BCUT2D eigenvalue weighted by atomic mass is 9.98. The number of aliphatic carboxylic acids is 1. The number of fused-ring (bicyclic) bond motifs is 2. The first-order valence-electron chi connectivity index (χ1n) is 11.1. The molecule has 0 spiro atoms. The number of carbonyl (C=O) groups excluding carboxylic acids is 2. The van der Waals surface area contributed by atoms with Gasteiger partial charge in [-0.15, -0.1) is 0 Å². The molecule has 2 aliphatic rings. The highest BCUT2D eigenvalue weighted by Gasteiger charge is 2.30. The zero-order valence-electron chi connectivity index (χ0n) is 18.5. The fourth-order valence-electron chi connectivity index (χ4n) is 4.38. The van der Waals surface area contributed by atoms with Crippen LogP contribution in [-0.2, 0) is 30.3 Å². The number of likely N-dealkylation sites (tertiary alicyclic amines) is 1. The molecule has 0 aliphatic carbocycles. The minimum atomic E-state index is -1.76. The first kappa shape index (κ1) is 23.5. The maximum absolute atomic E-state index is 12.1. The van der Waals surface area contributed by atoms with Crippen LogP contribution in [0.1, 0.15) is 35.6 Å². The van der Waals surface area contributed by atoms with E-state index in [1.165, 1.54) is 26.5 Å². The molecule has 0 saturated carbocycles. The maximum Gasteiger partial charge on any atom is 0.424 e. The number of nitrogens with zero attached hydrogens (tertiary/aromatic N) is 1. The van der Waals surface area contributed by atoms with Crippen molar-refractivity contribution in [2.75, 3.05) is 26.2 Å². The Bertz CT molecular complexity index is 1050. The van der Waals surface area contributed by atoms with Gasteiger partial charge >= 0.3 is 17.9 Å². The first-order chi connectivity index (χ1) is 15.9. The summed E-state index contributed by atoms with van der Waals surface area (Å²) in [6.07, 6.45) is 2.09.